The molecule has 31 heavy (non-hydrogen) atoms. The number of amides is 1. The smallest absolute Gasteiger partial charge is 0.285 e. The molecule has 4 rings (SSSR count). The molecule has 2 aliphatic rings. The predicted octanol–water partition coefficient (Wildman–Crippen LogP) is 3.02. The Bertz CT molecular complexity index is 1190. The molecular formula is C23H26N4O3S. The minimum Gasteiger partial charge on any atom is -0.354 e. The van der Waals surface area contributed by atoms with Crippen LogP contribution in [0.3, 0.4) is 0 Å². The number of aryl methyl sites for hydroxylation is 2. The van der Waals surface area contributed by atoms with Gasteiger partial charge in [0.05, 0.1) is 5.56 Å². The van der Waals surface area contributed by atoms with E-state index in [2.05, 4.69) is 9.38 Å². The second kappa shape index (κ2) is 8.26. The molecule has 1 aromatic heterocycles. The van der Waals surface area contributed by atoms with E-state index in [9.17, 15) is 13.2 Å². The van der Waals surface area contributed by atoms with Crippen LogP contribution < -0.4 is 0 Å². The van der Waals surface area contributed by atoms with Crippen LogP contribution in [0.15, 0.2) is 52.7 Å². The number of hydrogen-bond acceptors (Lipinski definition) is 5. The van der Waals surface area contributed by atoms with E-state index in [4.69, 9.17) is 0 Å². The molecule has 0 aliphatic carbocycles. The molecule has 2 aliphatic heterocycles. The largest absolute Gasteiger partial charge is 0.354 e. The number of aromatic nitrogens is 1. The fraction of sp³-hybridized carbons (Fsp3) is 0.348. The zero-order chi connectivity index (χ0) is 22.2. The molecule has 0 bridgehead atoms. The molecule has 162 valence electrons. The van der Waals surface area contributed by atoms with Crippen LogP contribution in [-0.4, -0.2) is 61.1 Å². The molecule has 0 saturated carbocycles. The van der Waals surface area contributed by atoms with Gasteiger partial charge in [-0.05, 0) is 56.0 Å². The number of sulfonamides is 1. The summed E-state index contributed by atoms with van der Waals surface area (Å²) in [6, 6.07) is 9.19. The third-order valence-corrected chi connectivity index (χ3v) is 7.37. The number of carbonyl (C=O) groups excluding carboxylic acids is 1. The summed E-state index contributed by atoms with van der Waals surface area (Å²) in [5.41, 5.74) is 4.05. The van der Waals surface area contributed by atoms with Gasteiger partial charge in [-0.15, -0.1) is 4.40 Å². The Morgan fingerprint density at radius 1 is 1.00 bits per heavy atom. The molecule has 1 amide bonds. The number of nitrogens with zero attached hydrogens (tertiary/aromatic N) is 4. The van der Waals surface area contributed by atoms with Gasteiger partial charge in [0.15, 0.2) is 0 Å². The Morgan fingerprint density at radius 3 is 2.52 bits per heavy atom. The topological polar surface area (TPSA) is 82.9 Å². The molecule has 0 spiro atoms. The van der Waals surface area contributed by atoms with Gasteiger partial charge < -0.3 is 9.80 Å². The first-order valence-corrected chi connectivity index (χ1v) is 11.8. The highest BCUT2D eigenvalue weighted by Gasteiger charge is 2.34. The van der Waals surface area contributed by atoms with Crippen LogP contribution in [0.5, 0.6) is 0 Å². The van der Waals surface area contributed by atoms with Crippen LogP contribution in [0.2, 0.25) is 0 Å². The first-order chi connectivity index (χ1) is 14.8. The van der Waals surface area contributed by atoms with Gasteiger partial charge in [-0.25, -0.2) is 0 Å². The number of rotatable bonds is 2. The molecule has 0 atom stereocenters. The average molecular weight is 439 g/mol. The maximum Gasteiger partial charge on any atom is 0.285 e. The van der Waals surface area contributed by atoms with E-state index >= 15 is 0 Å². The van der Waals surface area contributed by atoms with Crippen molar-refractivity contribution in [1.82, 2.24) is 14.8 Å². The first-order valence-electron chi connectivity index (χ1n) is 10.4. The molecule has 8 heteroatoms. The normalized spacial score (nSPS) is 18.7. The standard InChI is InChI=1S/C23H26N4O3S/c1-16-7-8-19(14-17(16)2)21-18(3)22(25-31(21,29)30)26-10-5-11-27(13-12-26)23(28)20-6-4-9-24-15-20/h4,6-9,14-15H,5,10-13H2,1-3H3. The average Bonchev–Trinajstić information content (AvgIpc) is 2.90. The minimum absolute atomic E-state index is 0.0565. The quantitative estimate of drug-likeness (QED) is 0.720. The highest BCUT2D eigenvalue weighted by molar-refractivity contribution is 8.00. The summed E-state index contributed by atoms with van der Waals surface area (Å²) in [5.74, 6) is 0.433. The predicted molar refractivity (Wildman–Crippen MR) is 121 cm³/mol. The van der Waals surface area contributed by atoms with Gasteiger partial charge in [0.2, 0.25) is 0 Å². The number of pyridine rings is 1. The summed E-state index contributed by atoms with van der Waals surface area (Å²) in [6.07, 6.45) is 3.94. The maximum atomic E-state index is 12.9. The highest BCUT2D eigenvalue weighted by Crippen LogP contribution is 2.34. The minimum atomic E-state index is -3.77. The molecule has 3 heterocycles. The van der Waals surface area contributed by atoms with Gasteiger partial charge in [0.1, 0.15) is 10.7 Å². The summed E-state index contributed by atoms with van der Waals surface area (Å²) in [7, 11) is -3.77. The van der Waals surface area contributed by atoms with Crippen molar-refractivity contribution >= 4 is 26.7 Å². The van der Waals surface area contributed by atoms with Gasteiger partial charge in [0.25, 0.3) is 15.9 Å². The lowest BCUT2D eigenvalue weighted by molar-refractivity contribution is 0.0763. The molecule has 0 unspecified atom stereocenters. The van der Waals surface area contributed by atoms with Crippen LogP contribution >= 0.6 is 0 Å². The third kappa shape index (κ3) is 4.12. The molecule has 0 N–H and O–H groups in total. The van der Waals surface area contributed by atoms with E-state index in [-0.39, 0.29) is 10.8 Å². The fourth-order valence-electron chi connectivity index (χ4n) is 4.07. The molecule has 0 radical (unpaired) electrons. The summed E-state index contributed by atoms with van der Waals surface area (Å²) >= 11 is 0. The summed E-state index contributed by atoms with van der Waals surface area (Å²) in [4.78, 5) is 20.9. The first kappa shape index (κ1) is 21.2. The third-order valence-electron chi connectivity index (χ3n) is 5.90. The van der Waals surface area contributed by atoms with Gasteiger partial charge in [-0.3, -0.25) is 9.78 Å². The van der Waals surface area contributed by atoms with Crippen molar-refractivity contribution < 1.29 is 13.2 Å². The Hall–Kier alpha value is -3.00. The number of benzene rings is 1. The summed E-state index contributed by atoms with van der Waals surface area (Å²) in [5, 5.41) is 0. The van der Waals surface area contributed by atoms with E-state index in [1.165, 1.54) is 0 Å². The molecule has 7 nitrogen and oxygen atoms in total. The Balaban J connectivity index is 1.57. The Morgan fingerprint density at radius 2 is 1.81 bits per heavy atom. The molecular weight excluding hydrogens is 412 g/mol. The number of carbonyl (C=O) groups is 1. The second-order valence-electron chi connectivity index (χ2n) is 8.02. The fourth-order valence-corrected chi connectivity index (χ4v) is 5.54. The van der Waals surface area contributed by atoms with Crippen molar-refractivity contribution in [3.63, 3.8) is 0 Å². The molecule has 1 aromatic carbocycles. The van der Waals surface area contributed by atoms with Crippen LogP contribution in [0.25, 0.3) is 4.91 Å². The van der Waals surface area contributed by atoms with E-state index in [0.29, 0.717) is 48.7 Å². The van der Waals surface area contributed by atoms with Crippen molar-refractivity contribution in [2.24, 2.45) is 4.40 Å². The molecule has 2 aromatic rings. The van der Waals surface area contributed by atoms with Gasteiger partial charge in [0, 0.05) is 44.1 Å². The van der Waals surface area contributed by atoms with E-state index in [0.717, 1.165) is 17.5 Å². The Labute approximate surface area is 183 Å². The summed E-state index contributed by atoms with van der Waals surface area (Å²) < 4.78 is 30.0. The maximum absolute atomic E-state index is 12.9. The second-order valence-corrected chi connectivity index (χ2v) is 9.56. The van der Waals surface area contributed by atoms with Gasteiger partial charge in [-0.1, -0.05) is 18.2 Å². The lowest BCUT2D eigenvalue weighted by atomic mass is 10.0. The van der Waals surface area contributed by atoms with Crippen LogP contribution in [0.1, 0.15) is 40.4 Å². The lowest BCUT2D eigenvalue weighted by Crippen LogP contribution is -2.37. The van der Waals surface area contributed by atoms with Crippen molar-refractivity contribution in [1.29, 1.82) is 0 Å². The lowest BCUT2D eigenvalue weighted by Gasteiger charge is -2.23. The van der Waals surface area contributed by atoms with Crippen molar-refractivity contribution in [2.45, 2.75) is 27.2 Å². The van der Waals surface area contributed by atoms with Gasteiger partial charge in [-0.2, -0.15) is 8.42 Å². The van der Waals surface area contributed by atoms with E-state index in [1.807, 2.05) is 43.9 Å². The van der Waals surface area contributed by atoms with Crippen molar-refractivity contribution in [2.75, 3.05) is 26.2 Å². The van der Waals surface area contributed by atoms with Crippen LogP contribution in [0.4, 0.5) is 0 Å². The highest BCUT2D eigenvalue weighted by atomic mass is 32.2. The van der Waals surface area contributed by atoms with Crippen molar-refractivity contribution in [3.05, 3.63) is 70.6 Å². The monoisotopic (exact) mass is 438 g/mol. The number of hydrogen-bond donors (Lipinski definition) is 0. The zero-order valence-corrected chi connectivity index (χ0v) is 18.8. The van der Waals surface area contributed by atoms with Crippen molar-refractivity contribution in [3.8, 4) is 0 Å². The zero-order valence-electron chi connectivity index (χ0n) is 18.0. The molecule has 1 saturated heterocycles. The van der Waals surface area contributed by atoms with Crippen LogP contribution in [0, 0.1) is 13.8 Å². The van der Waals surface area contributed by atoms with E-state index in [1.54, 1.807) is 29.4 Å². The SMILES string of the molecule is CC1=C(c2ccc(C)c(C)c2)S(=O)(=O)N=C1N1CCCN(C(=O)c2cccnc2)CC1. The Kier molecular flexibility index (Phi) is 5.66. The number of amidine groups is 1. The van der Waals surface area contributed by atoms with E-state index < -0.39 is 10.0 Å². The van der Waals surface area contributed by atoms with Gasteiger partial charge >= 0.3 is 0 Å². The molecule has 1 fully saturated rings. The summed E-state index contributed by atoms with van der Waals surface area (Å²) in [6.45, 7) is 8.07. The van der Waals surface area contributed by atoms with Crippen LogP contribution in [-0.2, 0) is 10.0 Å².